The van der Waals surface area contributed by atoms with E-state index in [0.29, 0.717) is 23.0 Å². The molecule has 0 aliphatic carbocycles. The number of rotatable bonds is 4. The highest BCUT2D eigenvalue weighted by atomic mass is 35.5. The van der Waals surface area contributed by atoms with E-state index >= 15 is 0 Å². The average molecular weight is 291 g/mol. The van der Waals surface area contributed by atoms with E-state index in [-0.39, 0.29) is 0 Å². The van der Waals surface area contributed by atoms with Gasteiger partial charge in [0.25, 0.3) is 0 Å². The maximum absolute atomic E-state index is 12.2. The van der Waals surface area contributed by atoms with Crippen molar-refractivity contribution < 1.29 is 4.73 Å². The molecule has 0 fully saturated rings. The van der Waals surface area contributed by atoms with Crippen molar-refractivity contribution >= 4 is 28.6 Å². The SMILES string of the molecule is Cn1c(NCCn2cccc2)[n+]([O-])c2ccc(Cl)cc21. The molecule has 0 spiro atoms. The van der Waals surface area contributed by atoms with Crippen molar-refractivity contribution in [2.75, 3.05) is 11.9 Å². The predicted molar refractivity (Wildman–Crippen MR) is 79.8 cm³/mol. The van der Waals surface area contributed by atoms with Crippen molar-refractivity contribution in [2.45, 2.75) is 6.54 Å². The monoisotopic (exact) mass is 290 g/mol. The minimum absolute atomic E-state index is 0.523. The van der Waals surface area contributed by atoms with Crippen LogP contribution in [0.1, 0.15) is 0 Å². The normalized spacial score (nSPS) is 11.1. The molecule has 2 heterocycles. The summed E-state index contributed by atoms with van der Waals surface area (Å²) in [7, 11) is 1.85. The molecule has 0 radical (unpaired) electrons. The number of halogens is 1. The van der Waals surface area contributed by atoms with Crippen molar-refractivity contribution in [1.29, 1.82) is 0 Å². The van der Waals surface area contributed by atoms with E-state index in [2.05, 4.69) is 9.88 Å². The zero-order valence-corrected chi connectivity index (χ0v) is 11.8. The van der Waals surface area contributed by atoms with Crippen LogP contribution in [-0.2, 0) is 13.6 Å². The molecule has 0 atom stereocenters. The van der Waals surface area contributed by atoms with Crippen molar-refractivity contribution in [3.05, 3.63) is 53.0 Å². The smallest absolute Gasteiger partial charge is 0.358 e. The van der Waals surface area contributed by atoms with Gasteiger partial charge in [-0.1, -0.05) is 11.6 Å². The van der Waals surface area contributed by atoms with Gasteiger partial charge in [0.1, 0.15) is 11.0 Å². The van der Waals surface area contributed by atoms with E-state index in [1.807, 2.05) is 36.1 Å². The molecule has 104 valence electrons. The average Bonchev–Trinajstić information content (AvgIpc) is 3.02. The number of anilines is 1. The highest BCUT2D eigenvalue weighted by molar-refractivity contribution is 6.31. The first kappa shape index (κ1) is 12.9. The summed E-state index contributed by atoms with van der Waals surface area (Å²) in [6.07, 6.45) is 3.99. The lowest BCUT2D eigenvalue weighted by Crippen LogP contribution is -2.31. The molecule has 0 saturated heterocycles. The number of hydrogen-bond acceptors (Lipinski definition) is 2. The van der Waals surface area contributed by atoms with Gasteiger partial charge in [0, 0.05) is 17.4 Å². The molecule has 1 N–H and O–H groups in total. The largest absolute Gasteiger partial charge is 0.740 e. The molecule has 0 unspecified atom stereocenters. The van der Waals surface area contributed by atoms with Gasteiger partial charge in [-0.15, -0.1) is 0 Å². The molecule has 3 aromatic rings. The summed E-state index contributed by atoms with van der Waals surface area (Å²) in [5.41, 5.74) is 1.43. The topological polar surface area (TPSA) is 48.8 Å². The summed E-state index contributed by atoms with van der Waals surface area (Å²) >= 11 is 5.98. The Morgan fingerprint density at radius 3 is 2.80 bits per heavy atom. The Labute approximate surface area is 121 Å². The quantitative estimate of drug-likeness (QED) is 0.592. The number of aryl methyl sites for hydroxylation is 1. The highest BCUT2D eigenvalue weighted by Gasteiger charge is 2.16. The number of fused-ring (bicyclic) bond motifs is 1. The Morgan fingerprint density at radius 1 is 1.30 bits per heavy atom. The summed E-state index contributed by atoms with van der Waals surface area (Å²) in [4.78, 5) is 0. The zero-order valence-electron chi connectivity index (χ0n) is 11.1. The molecule has 3 rings (SSSR count). The molecule has 5 nitrogen and oxygen atoms in total. The van der Waals surface area contributed by atoms with Crippen LogP contribution in [0.3, 0.4) is 0 Å². The van der Waals surface area contributed by atoms with Gasteiger partial charge in [-0.3, -0.25) is 5.32 Å². The van der Waals surface area contributed by atoms with E-state index in [1.165, 1.54) is 0 Å². The van der Waals surface area contributed by atoms with Gasteiger partial charge in [-0.25, -0.2) is 9.30 Å². The van der Waals surface area contributed by atoms with Gasteiger partial charge in [0.05, 0.1) is 20.1 Å². The predicted octanol–water partition coefficient (Wildman–Crippen LogP) is 2.38. The van der Waals surface area contributed by atoms with Crippen LogP contribution in [0.4, 0.5) is 5.95 Å². The van der Waals surface area contributed by atoms with Gasteiger partial charge < -0.3 is 9.77 Å². The Bertz CT molecular complexity index is 733. The summed E-state index contributed by atoms with van der Waals surface area (Å²) < 4.78 is 4.78. The fourth-order valence-electron chi connectivity index (χ4n) is 2.31. The number of benzene rings is 1. The third kappa shape index (κ3) is 2.20. The van der Waals surface area contributed by atoms with Gasteiger partial charge in [0.2, 0.25) is 0 Å². The second-order valence-corrected chi connectivity index (χ2v) is 5.09. The van der Waals surface area contributed by atoms with Crippen molar-refractivity contribution in [3.8, 4) is 0 Å². The van der Waals surface area contributed by atoms with E-state index in [0.717, 1.165) is 16.8 Å². The van der Waals surface area contributed by atoms with E-state index in [9.17, 15) is 5.21 Å². The minimum Gasteiger partial charge on any atom is -0.740 e. The molecular weight excluding hydrogens is 276 g/mol. The van der Waals surface area contributed by atoms with Crippen LogP contribution in [0.5, 0.6) is 0 Å². The minimum atomic E-state index is 0.523. The van der Waals surface area contributed by atoms with E-state index in [4.69, 9.17) is 11.6 Å². The Balaban J connectivity index is 1.84. The Morgan fingerprint density at radius 2 is 2.05 bits per heavy atom. The first-order valence-corrected chi connectivity index (χ1v) is 6.77. The molecular formula is C14H15ClN4O. The summed E-state index contributed by atoms with van der Waals surface area (Å²) in [6, 6.07) is 9.21. The van der Waals surface area contributed by atoms with Crippen LogP contribution in [-0.4, -0.2) is 15.7 Å². The second-order valence-electron chi connectivity index (χ2n) is 4.66. The molecule has 2 aromatic heterocycles. The summed E-state index contributed by atoms with van der Waals surface area (Å²) in [5.74, 6) is 0.523. The molecule has 6 heteroatoms. The van der Waals surface area contributed by atoms with Crippen LogP contribution in [0.15, 0.2) is 42.7 Å². The molecule has 0 aliphatic rings. The maximum atomic E-state index is 12.2. The molecule has 0 bridgehead atoms. The summed E-state index contributed by atoms with van der Waals surface area (Å²) in [6.45, 7) is 1.48. The third-order valence-corrected chi connectivity index (χ3v) is 3.58. The Kier molecular flexibility index (Phi) is 3.28. The van der Waals surface area contributed by atoms with E-state index in [1.54, 1.807) is 18.2 Å². The fraction of sp³-hybridized carbons (Fsp3) is 0.214. The highest BCUT2D eigenvalue weighted by Crippen LogP contribution is 2.20. The van der Waals surface area contributed by atoms with Gasteiger partial charge in [-0.05, 0) is 30.3 Å². The van der Waals surface area contributed by atoms with Crippen LogP contribution in [0.2, 0.25) is 5.02 Å². The lowest BCUT2D eigenvalue weighted by atomic mass is 10.3. The number of nitrogens with one attached hydrogen (secondary N) is 1. The second kappa shape index (κ2) is 5.09. The molecule has 0 saturated carbocycles. The number of nitrogens with zero attached hydrogens (tertiary/aromatic N) is 3. The van der Waals surface area contributed by atoms with Crippen LogP contribution >= 0.6 is 11.6 Å². The third-order valence-electron chi connectivity index (χ3n) is 3.35. The number of hydrogen-bond donors (Lipinski definition) is 1. The molecule has 0 aliphatic heterocycles. The fourth-order valence-corrected chi connectivity index (χ4v) is 2.47. The molecule has 0 amide bonds. The van der Waals surface area contributed by atoms with E-state index < -0.39 is 0 Å². The van der Waals surface area contributed by atoms with Crippen LogP contribution in [0, 0.1) is 5.21 Å². The lowest BCUT2D eigenvalue weighted by Gasteiger charge is -2.07. The zero-order chi connectivity index (χ0) is 14.1. The lowest BCUT2D eigenvalue weighted by molar-refractivity contribution is -0.562. The van der Waals surface area contributed by atoms with Gasteiger partial charge in [-0.2, -0.15) is 0 Å². The van der Waals surface area contributed by atoms with Crippen LogP contribution in [0.25, 0.3) is 11.0 Å². The molecule has 1 aromatic carbocycles. The summed E-state index contributed by atoms with van der Waals surface area (Å²) in [5, 5.41) is 16.0. The first-order chi connectivity index (χ1) is 9.66. The first-order valence-electron chi connectivity index (χ1n) is 6.39. The van der Waals surface area contributed by atoms with Crippen molar-refractivity contribution in [3.63, 3.8) is 0 Å². The van der Waals surface area contributed by atoms with Gasteiger partial charge >= 0.3 is 5.95 Å². The Hall–Kier alpha value is -2.14. The van der Waals surface area contributed by atoms with Crippen molar-refractivity contribution in [2.24, 2.45) is 7.05 Å². The van der Waals surface area contributed by atoms with Gasteiger partial charge in [0.15, 0.2) is 0 Å². The van der Waals surface area contributed by atoms with Crippen LogP contribution < -0.4 is 10.0 Å². The number of aromatic nitrogens is 3. The standard InChI is InChI=1S/C14H15ClN4O/c1-17-13-10-11(15)4-5-12(13)19(20)14(17)16-6-9-18-7-2-3-8-18/h2-5,7-8,10,16H,6,9H2,1H3. The maximum Gasteiger partial charge on any atom is 0.358 e. The number of imidazole rings is 1. The molecule has 20 heavy (non-hydrogen) atoms. The van der Waals surface area contributed by atoms with Crippen molar-refractivity contribution in [1.82, 2.24) is 9.13 Å².